The number of aromatic nitrogens is 2. The highest BCUT2D eigenvalue weighted by molar-refractivity contribution is 5.42. The molecule has 1 N–H and O–H groups in total. The third kappa shape index (κ3) is 5.28. The molecular formula is C22H32N4O. The number of aliphatic hydroxyl groups excluding tert-OH is 1. The van der Waals surface area contributed by atoms with E-state index in [2.05, 4.69) is 59.9 Å². The first-order valence-corrected chi connectivity index (χ1v) is 9.87. The lowest BCUT2D eigenvalue weighted by Gasteiger charge is -2.41. The fourth-order valence-electron chi connectivity index (χ4n) is 3.78. The van der Waals surface area contributed by atoms with E-state index in [4.69, 9.17) is 0 Å². The molecule has 0 unspecified atom stereocenters. The summed E-state index contributed by atoms with van der Waals surface area (Å²) in [4.78, 5) is 5.02. The summed E-state index contributed by atoms with van der Waals surface area (Å²) in [5, 5.41) is 13.9. The maximum atomic E-state index is 9.52. The van der Waals surface area contributed by atoms with Gasteiger partial charge in [-0.15, -0.1) is 0 Å². The van der Waals surface area contributed by atoms with Gasteiger partial charge in [-0.1, -0.05) is 29.3 Å². The predicted octanol–water partition coefficient (Wildman–Crippen LogP) is 3.02. The zero-order valence-electron chi connectivity index (χ0n) is 16.8. The van der Waals surface area contributed by atoms with Crippen molar-refractivity contribution >= 4 is 0 Å². The zero-order valence-corrected chi connectivity index (χ0v) is 16.8. The number of allylic oxidation sites excluding steroid dienone is 1. The van der Waals surface area contributed by atoms with Gasteiger partial charge in [-0.2, -0.15) is 5.10 Å². The molecule has 27 heavy (non-hydrogen) atoms. The van der Waals surface area contributed by atoms with Crippen molar-refractivity contribution in [2.45, 2.75) is 39.8 Å². The molecule has 146 valence electrons. The minimum Gasteiger partial charge on any atom is -0.396 e. The lowest BCUT2D eigenvalue weighted by molar-refractivity contribution is 0.0636. The Bertz CT molecular complexity index is 750. The Balaban J connectivity index is 1.73. The Labute approximate surface area is 162 Å². The fraction of sp³-hybridized carbons (Fsp3) is 0.500. The molecule has 0 aliphatic carbocycles. The van der Waals surface area contributed by atoms with Crippen LogP contribution in [0.1, 0.15) is 31.4 Å². The van der Waals surface area contributed by atoms with Gasteiger partial charge in [-0.3, -0.25) is 9.80 Å². The Morgan fingerprint density at radius 2 is 2.15 bits per heavy atom. The number of aryl methyl sites for hydroxylation is 1. The second kappa shape index (κ2) is 9.31. The van der Waals surface area contributed by atoms with Crippen LogP contribution in [0.2, 0.25) is 0 Å². The van der Waals surface area contributed by atoms with Crippen molar-refractivity contribution in [2.75, 3.05) is 32.8 Å². The zero-order chi connectivity index (χ0) is 19.2. The topological polar surface area (TPSA) is 44.5 Å². The summed E-state index contributed by atoms with van der Waals surface area (Å²) in [5.41, 5.74) is 5.08. The molecule has 5 heteroatoms. The molecule has 1 aliphatic rings. The number of aliphatic hydroxyl groups is 1. The van der Waals surface area contributed by atoms with Crippen LogP contribution in [0.3, 0.4) is 0 Å². The quantitative estimate of drug-likeness (QED) is 0.763. The van der Waals surface area contributed by atoms with Gasteiger partial charge < -0.3 is 5.11 Å². The molecule has 1 aromatic heterocycles. The second-order valence-electron chi connectivity index (χ2n) is 7.76. The summed E-state index contributed by atoms with van der Waals surface area (Å²) in [6.45, 7) is 11.6. The molecule has 0 spiro atoms. The first kappa shape index (κ1) is 19.8. The van der Waals surface area contributed by atoms with Gasteiger partial charge in [0.25, 0.3) is 0 Å². The molecule has 3 rings (SSSR count). The van der Waals surface area contributed by atoms with Crippen LogP contribution in [0.15, 0.2) is 48.3 Å². The molecule has 1 aliphatic heterocycles. The predicted molar refractivity (Wildman–Crippen MR) is 110 cm³/mol. The minimum atomic E-state index is 0.243. The Hall–Kier alpha value is -1.95. The second-order valence-corrected chi connectivity index (χ2v) is 7.76. The highest BCUT2D eigenvalue weighted by Crippen LogP contribution is 2.21. The minimum absolute atomic E-state index is 0.243. The summed E-state index contributed by atoms with van der Waals surface area (Å²) in [5.74, 6) is 0. The van der Waals surface area contributed by atoms with E-state index in [1.54, 1.807) is 0 Å². The van der Waals surface area contributed by atoms with Crippen LogP contribution in [0, 0.1) is 6.92 Å². The number of nitrogens with zero attached hydrogens (tertiary/aromatic N) is 4. The number of hydrogen-bond donors (Lipinski definition) is 1. The van der Waals surface area contributed by atoms with Crippen molar-refractivity contribution in [2.24, 2.45) is 0 Å². The van der Waals surface area contributed by atoms with Gasteiger partial charge in [0, 0.05) is 57.8 Å². The van der Waals surface area contributed by atoms with Crippen LogP contribution in [-0.2, 0) is 6.54 Å². The Morgan fingerprint density at radius 1 is 1.30 bits per heavy atom. The molecule has 2 aromatic rings. The van der Waals surface area contributed by atoms with Crippen molar-refractivity contribution in [1.29, 1.82) is 0 Å². The summed E-state index contributed by atoms with van der Waals surface area (Å²) >= 11 is 0. The highest BCUT2D eigenvalue weighted by Gasteiger charge is 2.26. The van der Waals surface area contributed by atoms with E-state index < -0.39 is 0 Å². The van der Waals surface area contributed by atoms with Crippen molar-refractivity contribution in [1.82, 2.24) is 19.6 Å². The van der Waals surface area contributed by atoms with Crippen LogP contribution in [0.5, 0.6) is 0 Å². The van der Waals surface area contributed by atoms with E-state index in [0.717, 1.165) is 44.8 Å². The lowest BCUT2D eigenvalue weighted by Crippen LogP contribution is -2.53. The monoisotopic (exact) mass is 368 g/mol. The highest BCUT2D eigenvalue weighted by atomic mass is 16.3. The van der Waals surface area contributed by atoms with E-state index in [1.165, 1.54) is 16.7 Å². The van der Waals surface area contributed by atoms with Crippen LogP contribution in [0.25, 0.3) is 5.69 Å². The van der Waals surface area contributed by atoms with Crippen molar-refractivity contribution in [3.8, 4) is 5.69 Å². The first-order chi connectivity index (χ1) is 13.1. The molecule has 5 nitrogen and oxygen atoms in total. The summed E-state index contributed by atoms with van der Waals surface area (Å²) in [6.07, 6.45) is 6.94. The van der Waals surface area contributed by atoms with Gasteiger partial charge >= 0.3 is 0 Å². The van der Waals surface area contributed by atoms with Crippen LogP contribution < -0.4 is 0 Å². The number of benzene rings is 1. The number of rotatable bonds is 7. The van der Waals surface area contributed by atoms with E-state index in [0.29, 0.717) is 6.04 Å². The van der Waals surface area contributed by atoms with Crippen LogP contribution in [0.4, 0.5) is 0 Å². The Kier molecular flexibility index (Phi) is 6.83. The molecule has 0 saturated carbocycles. The van der Waals surface area contributed by atoms with Gasteiger partial charge in [0.1, 0.15) is 0 Å². The van der Waals surface area contributed by atoms with Crippen molar-refractivity contribution in [3.05, 3.63) is 59.4 Å². The molecule has 0 radical (unpaired) electrons. The molecule has 1 saturated heterocycles. The Morgan fingerprint density at radius 3 is 2.85 bits per heavy atom. The average Bonchev–Trinajstić information content (AvgIpc) is 3.16. The molecule has 0 amide bonds. The smallest absolute Gasteiger partial charge is 0.0690 e. The third-order valence-corrected chi connectivity index (χ3v) is 5.27. The van der Waals surface area contributed by atoms with Gasteiger partial charge in [0.15, 0.2) is 0 Å². The molecular weight excluding hydrogens is 336 g/mol. The molecule has 0 bridgehead atoms. The largest absolute Gasteiger partial charge is 0.396 e. The van der Waals surface area contributed by atoms with Crippen LogP contribution in [-0.4, -0.2) is 63.5 Å². The van der Waals surface area contributed by atoms with E-state index in [1.807, 2.05) is 23.1 Å². The lowest BCUT2D eigenvalue weighted by atomic mass is 10.1. The van der Waals surface area contributed by atoms with E-state index in [-0.39, 0.29) is 6.61 Å². The standard InChI is InChI=1S/C22H32N4O/c1-18(2)7-11-25-13-12-24(17-21(25)8-14-27)16-20-15-19(3)5-6-22(20)26-10-4-9-23-26/h4-7,9-10,15,21,27H,8,11-14,16-17H2,1-3H3/t21-/m1/s1. The van der Waals surface area contributed by atoms with Crippen LogP contribution >= 0.6 is 0 Å². The van der Waals surface area contributed by atoms with Gasteiger partial charge in [-0.05, 0) is 44.9 Å². The summed E-state index contributed by atoms with van der Waals surface area (Å²) in [6, 6.07) is 8.94. The number of piperazine rings is 1. The van der Waals surface area contributed by atoms with Crippen molar-refractivity contribution < 1.29 is 5.11 Å². The van der Waals surface area contributed by atoms with E-state index in [9.17, 15) is 5.11 Å². The maximum absolute atomic E-state index is 9.52. The third-order valence-electron chi connectivity index (χ3n) is 5.27. The SMILES string of the molecule is CC(C)=CCN1CCN(Cc2cc(C)ccc2-n2cccn2)C[C@H]1CCO. The molecule has 2 heterocycles. The maximum Gasteiger partial charge on any atom is 0.0690 e. The average molecular weight is 369 g/mol. The van der Waals surface area contributed by atoms with Gasteiger partial charge in [0.2, 0.25) is 0 Å². The first-order valence-electron chi connectivity index (χ1n) is 9.87. The van der Waals surface area contributed by atoms with E-state index >= 15 is 0 Å². The molecule has 1 aromatic carbocycles. The summed E-state index contributed by atoms with van der Waals surface area (Å²) in [7, 11) is 0. The van der Waals surface area contributed by atoms with Crippen molar-refractivity contribution in [3.63, 3.8) is 0 Å². The fourth-order valence-corrected chi connectivity index (χ4v) is 3.78. The molecule has 1 fully saturated rings. The normalized spacial score (nSPS) is 18.6. The van der Waals surface area contributed by atoms with Gasteiger partial charge in [-0.25, -0.2) is 4.68 Å². The van der Waals surface area contributed by atoms with Gasteiger partial charge in [0.05, 0.1) is 5.69 Å². The summed E-state index contributed by atoms with van der Waals surface area (Å²) < 4.78 is 1.95. The molecule has 1 atom stereocenters. The number of hydrogen-bond acceptors (Lipinski definition) is 4.